The largest absolute Gasteiger partial charge is 0.477 e. The molecule has 0 unspecified atom stereocenters. The van der Waals surface area contributed by atoms with E-state index in [1.165, 1.54) is 6.20 Å². The fourth-order valence-corrected chi connectivity index (χ4v) is 4.74. The number of carbonyl (C=O) groups is 1. The number of halogens is 2. The van der Waals surface area contributed by atoms with Crippen LogP contribution in [0.4, 0.5) is 13.9 Å². The van der Waals surface area contributed by atoms with Gasteiger partial charge in [-0.1, -0.05) is 11.3 Å². The highest BCUT2D eigenvalue weighted by atomic mass is 32.1. The van der Waals surface area contributed by atoms with Crippen molar-refractivity contribution in [2.24, 2.45) is 0 Å². The van der Waals surface area contributed by atoms with Crippen molar-refractivity contribution in [3.05, 3.63) is 11.1 Å². The second-order valence-electron chi connectivity index (χ2n) is 7.02. The number of rotatable bonds is 8. The Bertz CT molecular complexity index is 625. The summed E-state index contributed by atoms with van der Waals surface area (Å²) >= 11 is 1.06. The number of alkyl halides is 2. The van der Waals surface area contributed by atoms with E-state index in [1.807, 2.05) is 4.90 Å². The number of methoxy groups -OCH3 is 1. The average molecular weight is 405 g/mol. The molecule has 2 atom stereocenters. The molecule has 2 fully saturated rings. The van der Waals surface area contributed by atoms with Crippen LogP contribution in [0.15, 0.2) is 6.20 Å². The third-order valence-corrected chi connectivity index (χ3v) is 6.28. The van der Waals surface area contributed by atoms with Crippen LogP contribution >= 0.6 is 11.3 Å². The second kappa shape index (κ2) is 9.22. The molecule has 0 spiro atoms. The summed E-state index contributed by atoms with van der Waals surface area (Å²) in [4.78, 5) is 17.3. The van der Waals surface area contributed by atoms with Gasteiger partial charge >= 0.3 is 12.6 Å². The van der Waals surface area contributed by atoms with Crippen molar-refractivity contribution in [1.29, 1.82) is 0 Å². The first-order valence-corrected chi connectivity index (χ1v) is 9.92. The first kappa shape index (κ1) is 20.4. The highest BCUT2D eigenvalue weighted by Crippen LogP contribution is 2.31. The molecule has 0 bridgehead atoms. The van der Waals surface area contributed by atoms with Gasteiger partial charge in [0, 0.05) is 25.7 Å². The molecule has 0 aromatic carbocycles. The van der Waals surface area contributed by atoms with E-state index in [4.69, 9.17) is 9.84 Å². The van der Waals surface area contributed by atoms with Gasteiger partial charge in [-0.05, 0) is 32.1 Å². The third kappa shape index (κ3) is 5.34. The van der Waals surface area contributed by atoms with Crippen LogP contribution in [0.25, 0.3) is 0 Å². The molecule has 1 saturated heterocycles. The Morgan fingerprint density at radius 1 is 1.41 bits per heavy atom. The van der Waals surface area contributed by atoms with Gasteiger partial charge in [-0.3, -0.25) is 0 Å². The lowest BCUT2D eigenvalue weighted by Gasteiger charge is -2.30. The van der Waals surface area contributed by atoms with Crippen LogP contribution < -0.4 is 10.2 Å². The molecule has 2 aliphatic rings. The van der Waals surface area contributed by atoms with Crippen molar-refractivity contribution in [1.82, 2.24) is 10.3 Å². The Balaban J connectivity index is 1.62. The summed E-state index contributed by atoms with van der Waals surface area (Å²) in [5.74, 6) is -1.04. The standard InChI is InChI=1S/C17H25F2N3O4S/c1-25-13-4-2-10(3-5-13)21-11-6-12(9-26-16(18)19)22(8-11)17-20-7-14(27-17)15(23)24/h7,10-13,16,21H,2-6,8-9H2,1H3,(H,23,24)/t10?,11-,12-,13?/m0/s1. The molecule has 10 heteroatoms. The van der Waals surface area contributed by atoms with Gasteiger partial charge in [-0.15, -0.1) is 0 Å². The maximum Gasteiger partial charge on any atom is 0.347 e. The van der Waals surface area contributed by atoms with Gasteiger partial charge in [0.15, 0.2) is 5.13 Å². The number of carboxylic acid groups (broad SMARTS) is 1. The van der Waals surface area contributed by atoms with Crippen LogP contribution in [0.1, 0.15) is 41.8 Å². The summed E-state index contributed by atoms with van der Waals surface area (Å²) in [5.41, 5.74) is 0. The fraction of sp³-hybridized carbons (Fsp3) is 0.765. The van der Waals surface area contributed by atoms with Crippen LogP contribution in [0.5, 0.6) is 0 Å². The monoisotopic (exact) mass is 405 g/mol. The smallest absolute Gasteiger partial charge is 0.347 e. The molecule has 1 aromatic rings. The maximum absolute atomic E-state index is 12.5. The zero-order valence-electron chi connectivity index (χ0n) is 15.1. The molecule has 1 aliphatic carbocycles. The van der Waals surface area contributed by atoms with Gasteiger partial charge in [0.1, 0.15) is 4.88 Å². The molecular formula is C17H25F2N3O4S. The number of hydrogen-bond donors (Lipinski definition) is 2. The van der Waals surface area contributed by atoms with Gasteiger partial charge in [-0.25, -0.2) is 9.78 Å². The second-order valence-corrected chi connectivity index (χ2v) is 8.03. The topological polar surface area (TPSA) is 83.9 Å². The SMILES string of the molecule is COC1CCC(N[C@H]2C[C@@H](COC(F)F)N(c3ncc(C(=O)O)s3)C2)CC1. The average Bonchev–Trinajstić information content (AvgIpc) is 3.27. The lowest BCUT2D eigenvalue weighted by Crippen LogP contribution is -2.42. The van der Waals surface area contributed by atoms with Crippen molar-refractivity contribution >= 4 is 22.4 Å². The lowest BCUT2D eigenvalue weighted by atomic mass is 9.92. The fourth-order valence-electron chi connectivity index (χ4n) is 3.91. The lowest BCUT2D eigenvalue weighted by molar-refractivity contribution is -0.131. The van der Waals surface area contributed by atoms with Crippen LogP contribution in [-0.4, -0.2) is 67.2 Å². The molecule has 1 saturated carbocycles. The predicted molar refractivity (Wildman–Crippen MR) is 96.8 cm³/mol. The van der Waals surface area contributed by atoms with Gasteiger partial charge in [-0.2, -0.15) is 8.78 Å². The number of nitrogens with zero attached hydrogens (tertiary/aromatic N) is 2. The van der Waals surface area contributed by atoms with E-state index < -0.39 is 12.6 Å². The van der Waals surface area contributed by atoms with Gasteiger partial charge in [0.05, 0.1) is 24.9 Å². The Morgan fingerprint density at radius 2 is 2.15 bits per heavy atom. The highest BCUT2D eigenvalue weighted by Gasteiger charge is 2.36. The van der Waals surface area contributed by atoms with Crippen LogP contribution in [0, 0.1) is 0 Å². The Hall–Kier alpha value is -1.36. The Kier molecular flexibility index (Phi) is 6.96. The quantitative estimate of drug-likeness (QED) is 0.688. The van der Waals surface area contributed by atoms with Crippen molar-refractivity contribution in [3.8, 4) is 0 Å². The van der Waals surface area contributed by atoms with Crippen molar-refractivity contribution in [2.45, 2.75) is 62.9 Å². The molecule has 0 amide bonds. The first-order valence-electron chi connectivity index (χ1n) is 9.10. The molecule has 2 heterocycles. The number of aromatic carboxylic acids is 1. The van der Waals surface area contributed by atoms with Gasteiger partial charge in [0.2, 0.25) is 0 Å². The summed E-state index contributed by atoms with van der Waals surface area (Å²) in [7, 11) is 1.74. The summed E-state index contributed by atoms with van der Waals surface area (Å²) in [6.45, 7) is -2.35. The van der Waals surface area contributed by atoms with E-state index in [9.17, 15) is 13.6 Å². The number of thiazole rings is 1. The van der Waals surface area contributed by atoms with E-state index >= 15 is 0 Å². The molecule has 3 rings (SSSR count). The zero-order chi connectivity index (χ0) is 19.4. The van der Waals surface area contributed by atoms with Crippen molar-refractivity contribution < 1.29 is 28.2 Å². The predicted octanol–water partition coefficient (Wildman–Crippen LogP) is 2.58. The van der Waals surface area contributed by atoms with Gasteiger partial charge < -0.3 is 24.8 Å². The molecule has 27 heavy (non-hydrogen) atoms. The molecule has 2 N–H and O–H groups in total. The number of hydrogen-bond acceptors (Lipinski definition) is 7. The normalized spacial score (nSPS) is 28.8. The first-order chi connectivity index (χ1) is 13.0. The highest BCUT2D eigenvalue weighted by molar-refractivity contribution is 7.17. The molecular weight excluding hydrogens is 380 g/mol. The number of aromatic nitrogens is 1. The minimum absolute atomic E-state index is 0.117. The van der Waals surface area contributed by atoms with Crippen LogP contribution in [0.3, 0.4) is 0 Å². The van der Waals surface area contributed by atoms with Crippen LogP contribution in [0.2, 0.25) is 0 Å². The van der Waals surface area contributed by atoms with E-state index in [0.29, 0.717) is 30.2 Å². The van der Waals surface area contributed by atoms with E-state index in [0.717, 1.165) is 37.0 Å². The summed E-state index contributed by atoms with van der Waals surface area (Å²) < 4.78 is 35.0. The molecule has 0 radical (unpaired) electrons. The number of carboxylic acids is 1. The summed E-state index contributed by atoms with van der Waals surface area (Å²) in [6.07, 6.45) is 6.34. The molecule has 1 aliphatic heterocycles. The van der Waals surface area contributed by atoms with E-state index in [1.54, 1.807) is 7.11 Å². The minimum atomic E-state index is -2.82. The van der Waals surface area contributed by atoms with E-state index in [-0.39, 0.29) is 23.6 Å². The Morgan fingerprint density at radius 3 is 2.74 bits per heavy atom. The maximum atomic E-state index is 12.5. The minimum Gasteiger partial charge on any atom is -0.477 e. The van der Waals surface area contributed by atoms with E-state index in [2.05, 4.69) is 15.0 Å². The zero-order valence-corrected chi connectivity index (χ0v) is 16.0. The number of anilines is 1. The number of ether oxygens (including phenoxy) is 2. The summed E-state index contributed by atoms with van der Waals surface area (Å²) in [5, 5.41) is 13.3. The molecule has 1 aromatic heterocycles. The van der Waals surface area contributed by atoms with Crippen molar-refractivity contribution in [3.63, 3.8) is 0 Å². The number of nitrogens with one attached hydrogen (secondary N) is 1. The third-order valence-electron chi connectivity index (χ3n) is 5.26. The molecule has 152 valence electrons. The summed E-state index contributed by atoms with van der Waals surface area (Å²) in [6, 6.07) is 0.237. The van der Waals surface area contributed by atoms with Gasteiger partial charge in [0.25, 0.3) is 0 Å². The Labute approximate surface area is 160 Å². The van der Waals surface area contributed by atoms with Crippen LogP contribution in [-0.2, 0) is 9.47 Å². The molecule has 7 nitrogen and oxygen atoms in total. The van der Waals surface area contributed by atoms with Crippen molar-refractivity contribution in [2.75, 3.05) is 25.2 Å².